The van der Waals surface area contributed by atoms with Crippen LogP contribution in [-0.4, -0.2) is 10.5 Å². The zero-order chi connectivity index (χ0) is 17.5. The number of nitrogens with zero attached hydrogens (tertiary/aromatic N) is 1. The van der Waals surface area contributed by atoms with Crippen molar-refractivity contribution in [1.82, 2.24) is 9.88 Å². The third-order valence-electron chi connectivity index (χ3n) is 4.39. The van der Waals surface area contributed by atoms with Gasteiger partial charge in [-0.05, 0) is 55.2 Å². The molecule has 3 aromatic rings. The minimum absolute atomic E-state index is 0.0166. The molecule has 3 rings (SSSR count). The molecule has 3 heteroatoms. The number of nitrogens with one attached hydrogen (secondary N) is 1. The minimum atomic E-state index is 0.0166. The molecule has 25 heavy (non-hydrogen) atoms. The predicted molar refractivity (Wildman–Crippen MR) is 102 cm³/mol. The number of aryl methyl sites for hydroxylation is 1. The molecule has 1 atom stereocenters. The van der Waals surface area contributed by atoms with Gasteiger partial charge in [-0.15, -0.1) is 0 Å². The van der Waals surface area contributed by atoms with Crippen LogP contribution in [0, 0.1) is 0 Å². The summed E-state index contributed by atoms with van der Waals surface area (Å²) in [4.78, 5) is 12.2. The van der Waals surface area contributed by atoms with Crippen molar-refractivity contribution < 1.29 is 4.79 Å². The van der Waals surface area contributed by atoms with Gasteiger partial charge in [0.05, 0.1) is 6.04 Å². The van der Waals surface area contributed by atoms with Crippen LogP contribution in [0.4, 0.5) is 0 Å². The lowest BCUT2D eigenvalue weighted by Crippen LogP contribution is -2.26. The Bertz CT molecular complexity index is 777. The average Bonchev–Trinajstić information content (AvgIpc) is 3.17. The number of carbonyl (C=O) groups excluding carboxylic acids is 1. The maximum absolute atomic E-state index is 12.2. The summed E-state index contributed by atoms with van der Waals surface area (Å²) in [7, 11) is 0. The number of aromatic nitrogens is 1. The molecule has 2 aromatic carbocycles. The largest absolute Gasteiger partial charge is 0.350 e. The zero-order valence-corrected chi connectivity index (χ0v) is 14.6. The molecule has 0 aliphatic rings. The van der Waals surface area contributed by atoms with Crippen LogP contribution in [0.3, 0.4) is 0 Å². The van der Waals surface area contributed by atoms with Crippen molar-refractivity contribution in [3.8, 4) is 5.69 Å². The normalized spacial score (nSPS) is 11.9. The molecule has 0 saturated heterocycles. The van der Waals surface area contributed by atoms with Crippen LogP contribution in [0.1, 0.15) is 36.9 Å². The Balaban J connectivity index is 1.48. The van der Waals surface area contributed by atoms with E-state index in [-0.39, 0.29) is 11.9 Å². The fourth-order valence-corrected chi connectivity index (χ4v) is 2.94. The highest BCUT2D eigenvalue weighted by Gasteiger charge is 2.09. The second-order valence-electron chi connectivity index (χ2n) is 6.31. The van der Waals surface area contributed by atoms with Crippen LogP contribution in [0.5, 0.6) is 0 Å². The molecule has 0 saturated carbocycles. The first kappa shape index (κ1) is 17.0. The van der Waals surface area contributed by atoms with Crippen LogP contribution >= 0.6 is 0 Å². The molecule has 3 nitrogen and oxygen atoms in total. The van der Waals surface area contributed by atoms with Crippen molar-refractivity contribution in [3.05, 3.63) is 90.3 Å². The van der Waals surface area contributed by atoms with E-state index in [9.17, 15) is 4.79 Å². The van der Waals surface area contributed by atoms with Crippen molar-refractivity contribution >= 4 is 5.91 Å². The lowest BCUT2D eigenvalue weighted by molar-refractivity contribution is -0.121. The van der Waals surface area contributed by atoms with Gasteiger partial charge in [0.15, 0.2) is 0 Å². The first-order chi connectivity index (χ1) is 12.2. The molecular formula is C22H24N2O. The van der Waals surface area contributed by atoms with Crippen LogP contribution in [0.2, 0.25) is 0 Å². The van der Waals surface area contributed by atoms with E-state index in [1.807, 2.05) is 49.6 Å². The van der Waals surface area contributed by atoms with Crippen molar-refractivity contribution in [2.45, 2.75) is 32.2 Å². The Hall–Kier alpha value is -2.81. The second kappa shape index (κ2) is 8.34. The number of carbonyl (C=O) groups is 1. The molecule has 0 spiro atoms. The highest BCUT2D eigenvalue weighted by molar-refractivity contribution is 5.76. The summed E-state index contributed by atoms with van der Waals surface area (Å²) in [6, 6.07) is 22.6. The van der Waals surface area contributed by atoms with Crippen LogP contribution in [-0.2, 0) is 11.2 Å². The van der Waals surface area contributed by atoms with Gasteiger partial charge in [0.1, 0.15) is 0 Å². The van der Waals surface area contributed by atoms with E-state index in [1.54, 1.807) is 0 Å². The summed E-state index contributed by atoms with van der Waals surface area (Å²) in [5.74, 6) is 0.109. The monoisotopic (exact) mass is 332 g/mol. The molecule has 0 bridgehead atoms. The molecule has 0 aliphatic heterocycles. The molecule has 1 aromatic heterocycles. The quantitative estimate of drug-likeness (QED) is 0.670. The summed E-state index contributed by atoms with van der Waals surface area (Å²) in [6.07, 6.45) is 6.41. The molecule has 128 valence electrons. The number of benzene rings is 2. The Morgan fingerprint density at radius 2 is 1.64 bits per heavy atom. The summed E-state index contributed by atoms with van der Waals surface area (Å²) in [5, 5.41) is 3.09. The average molecular weight is 332 g/mol. The number of hydrogen-bond donors (Lipinski definition) is 1. The highest BCUT2D eigenvalue weighted by Crippen LogP contribution is 2.16. The standard InChI is InChI=1S/C22H24N2O/c1-18(20-12-14-21(15-13-20)24-16-5-6-17-24)23-22(25)11-7-10-19-8-3-2-4-9-19/h2-6,8-9,12-18H,7,10-11H2,1H3,(H,23,25). The van der Waals surface area contributed by atoms with E-state index in [1.165, 1.54) is 5.56 Å². The lowest BCUT2D eigenvalue weighted by atomic mass is 10.1. The fourth-order valence-electron chi connectivity index (χ4n) is 2.94. The van der Waals surface area contributed by atoms with Crippen molar-refractivity contribution in [1.29, 1.82) is 0 Å². The molecule has 0 aliphatic carbocycles. The molecule has 1 amide bonds. The van der Waals surface area contributed by atoms with E-state index in [4.69, 9.17) is 0 Å². The minimum Gasteiger partial charge on any atom is -0.350 e. The van der Waals surface area contributed by atoms with Crippen molar-refractivity contribution in [3.63, 3.8) is 0 Å². The molecule has 1 unspecified atom stereocenters. The summed E-state index contributed by atoms with van der Waals surface area (Å²) >= 11 is 0. The summed E-state index contributed by atoms with van der Waals surface area (Å²) in [6.45, 7) is 2.03. The lowest BCUT2D eigenvalue weighted by Gasteiger charge is -2.15. The van der Waals surface area contributed by atoms with Gasteiger partial charge in [0.25, 0.3) is 0 Å². The molecule has 1 N–H and O–H groups in total. The Kier molecular flexibility index (Phi) is 5.68. The predicted octanol–water partition coefficient (Wildman–Crippen LogP) is 4.68. The first-order valence-corrected chi connectivity index (χ1v) is 8.79. The summed E-state index contributed by atoms with van der Waals surface area (Å²) in [5.41, 5.74) is 3.52. The Morgan fingerprint density at radius 3 is 2.32 bits per heavy atom. The Morgan fingerprint density at radius 1 is 0.960 bits per heavy atom. The van der Waals surface area contributed by atoms with E-state index in [2.05, 4.69) is 46.3 Å². The number of amides is 1. The van der Waals surface area contributed by atoms with Gasteiger partial charge in [0, 0.05) is 24.5 Å². The SMILES string of the molecule is CC(NC(=O)CCCc1ccccc1)c1ccc(-n2cccc2)cc1. The van der Waals surface area contributed by atoms with Crippen molar-refractivity contribution in [2.75, 3.05) is 0 Å². The van der Waals surface area contributed by atoms with Crippen molar-refractivity contribution in [2.24, 2.45) is 0 Å². The number of rotatable bonds is 7. The van der Waals surface area contributed by atoms with Gasteiger partial charge in [-0.1, -0.05) is 42.5 Å². The zero-order valence-electron chi connectivity index (χ0n) is 14.6. The molecule has 0 radical (unpaired) electrons. The van der Waals surface area contributed by atoms with Crippen LogP contribution in [0.25, 0.3) is 5.69 Å². The fraction of sp³-hybridized carbons (Fsp3) is 0.227. The third-order valence-corrected chi connectivity index (χ3v) is 4.39. The van der Waals surface area contributed by atoms with Gasteiger partial charge < -0.3 is 9.88 Å². The maximum atomic E-state index is 12.2. The molecule has 0 fully saturated rings. The van der Waals surface area contributed by atoms with Gasteiger partial charge in [-0.25, -0.2) is 0 Å². The van der Waals surface area contributed by atoms with Gasteiger partial charge in [-0.3, -0.25) is 4.79 Å². The van der Waals surface area contributed by atoms with Gasteiger partial charge in [-0.2, -0.15) is 0 Å². The van der Waals surface area contributed by atoms with E-state index in [0.29, 0.717) is 6.42 Å². The second-order valence-corrected chi connectivity index (χ2v) is 6.31. The maximum Gasteiger partial charge on any atom is 0.220 e. The molecular weight excluding hydrogens is 308 g/mol. The third kappa shape index (κ3) is 4.83. The summed E-state index contributed by atoms with van der Waals surface area (Å²) < 4.78 is 2.07. The molecule has 1 heterocycles. The van der Waals surface area contributed by atoms with Crippen LogP contribution in [0.15, 0.2) is 79.1 Å². The van der Waals surface area contributed by atoms with E-state index in [0.717, 1.165) is 24.1 Å². The van der Waals surface area contributed by atoms with Gasteiger partial charge in [0.2, 0.25) is 5.91 Å². The van der Waals surface area contributed by atoms with E-state index < -0.39 is 0 Å². The van der Waals surface area contributed by atoms with Crippen LogP contribution < -0.4 is 5.32 Å². The smallest absolute Gasteiger partial charge is 0.220 e. The first-order valence-electron chi connectivity index (χ1n) is 8.79. The van der Waals surface area contributed by atoms with E-state index >= 15 is 0 Å². The topological polar surface area (TPSA) is 34.0 Å². The highest BCUT2D eigenvalue weighted by atomic mass is 16.1. The van der Waals surface area contributed by atoms with Gasteiger partial charge >= 0.3 is 0 Å². The number of hydrogen-bond acceptors (Lipinski definition) is 1. The Labute approximate surface area is 149 Å².